The molecule has 0 fully saturated rings. The van der Waals surface area contributed by atoms with E-state index in [1.807, 2.05) is 0 Å². The molecule has 2 aromatic carbocycles. The van der Waals surface area contributed by atoms with Crippen LogP contribution in [0.15, 0.2) is 45.8 Å². The molecule has 0 saturated heterocycles. The van der Waals surface area contributed by atoms with Gasteiger partial charge < -0.3 is 4.74 Å². The highest BCUT2D eigenvalue weighted by atomic mass is 79.9. The fraction of sp³-hybridized carbons (Fsp3) is 0.0769. The van der Waals surface area contributed by atoms with E-state index in [9.17, 15) is 17.2 Å². The first-order valence-electron chi connectivity index (χ1n) is 5.59. The number of halogens is 4. The van der Waals surface area contributed by atoms with E-state index < -0.39 is 20.7 Å². The average Bonchev–Trinajstić information content (AvgIpc) is 2.43. The largest absolute Gasteiger partial charge is 0.489 e. The van der Waals surface area contributed by atoms with Crippen molar-refractivity contribution in [3.63, 3.8) is 0 Å². The van der Waals surface area contributed by atoms with Gasteiger partial charge in [0.15, 0.2) is 0 Å². The van der Waals surface area contributed by atoms with E-state index in [4.69, 9.17) is 15.4 Å². The molecule has 2 rings (SSSR count). The Morgan fingerprint density at radius 1 is 1.10 bits per heavy atom. The molecule has 0 spiro atoms. The fourth-order valence-corrected chi connectivity index (χ4v) is 2.70. The molecule has 0 radical (unpaired) electrons. The molecule has 0 atom stereocenters. The van der Waals surface area contributed by atoms with Crippen molar-refractivity contribution in [1.29, 1.82) is 0 Å². The van der Waals surface area contributed by atoms with Gasteiger partial charge in [-0.3, -0.25) is 0 Å². The third-order valence-corrected chi connectivity index (χ3v) is 4.61. The van der Waals surface area contributed by atoms with Gasteiger partial charge in [-0.1, -0.05) is 0 Å². The molecule has 0 aliphatic rings. The zero-order valence-electron chi connectivity index (χ0n) is 10.3. The average molecular weight is 398 g/mol. The van der Waals surface area contributed by atoms with Crippen LogP contribution in [0.1, 0.15) is 5.56 Å². The minimum Gasteiger partial charge on any atom is -0.489 e. The predicted octanol–water partition coefficient (Wildman–Crippen LogP) is 4.23. The number of hydrogen-bond donors (Lipinski definition) is 0. The maximum absolute atomic E-state index is 13.7. The minimum atomic E-state index is -3.82. The van der Waals surface area contributed by atoms with E-state index in [1.54, 1.807) is 0 Å². The van der Waals surface area contributed by atoms with Gasteiger partial charge in [0, 0.05) is 10.7 Å². The Balaban J connectivity index is 2.16. The van der Waals surface area contributed by atoms with Crippen LogP contribution in [0.5, 0.6) is 5.75 Å². The Morgan fingerprint density at radius 3 is 2.29 bits per heavy atom. The first kappa shape index (κ1) is 16.2. The van der Waals surface area contributed by atoms with E-state index in [2.05, 4.69) is 15.9 Å². The summed E-state index contributed by atoms with van der Waals surface area (Å²) in [6.45, 7) is -0.329. The van der Waals surface area contributed by atoms with E-state index in [-0.39, 0.29) is 27.3 Å². The lowest BCUT2D eigenvalue weighted by Crippen LogP contribution is -2.02. The minimum absolute atomic E-state index is 0.0867. The summed E-state index contributed by atoms with van der Waals surface area (Å²) in [6, 6.07) is 7.56. The van der Waals surface area contributed by atoms with E-state index >= 15 is 0 Å². The van der Waals surface area contributed by atoms with E-state index in [1.165, 1.54) is 30.3 Å². The van der Waals surface area contributed by atoms with Crippen molar-refractivity contribution < 1.29 is 21.9 Å². The molecular formula is C13H8BrClF2O3S. The van der Waals surface area contributed by atoms with Crippen molar-refractivity contribution in [2.24, 2.45) is 0 Å². The first-order chi connectivity index (χ1) is 9.79. The van der Waals surface area contributed by atoms with Crippen molar-refractivity contribution >= 4 is 35.7 Å². The Bertz CT molecular complexity index is 764. The molecule has 0 aliphatic carbocycles. The lowest BCUT2D eigenvalue weighted by molar-refractivity contribution is 0.292. The van der Waals surface area contributed by atoms with Crippen LogP contribution < -0.4 is 4.74 Å². The quantitative estimate of drug-likeness (QED) is 0.573. The SMILES string of the molecule is O=S(=O)(Cl)c1ccc(OCc2c(F)ccc(Br)c2F)cc1. The van der Waals surface area contributed by atoms with Gasteiger partial charge in [-0.15, -0.1) is 0 Å². The van der Waals surface area contributed by atoms with Crippen LogP contribution in [0.25, 0.3) is 0 Å². The predicted molar refractivity (Wildman–Crippen MR) is 77.9 cm³/mol. The van der Waals surface area contributed by atoms with Crippen molar-refractivity contribution in [3.8, 4) is 5.75 Å². The van der Waals surface area contributed by atoms with Crippen molar-refractivity contribution in [3.05, 3.63) is 58.1 Å². The van der Waals surface area contributed by atoms with Gasteiger partial charge in [0.25, 0.3) is 9.05 Å². The summed E-state index contributed by atoms with van der Waals surface area (Å²) >= 11 is 2.96. The number of rotatable bonds is 4. The lowest BCUT2D eigenvalue weighted by Gasteiger charge is -2.09. The maximum atomic E-state index is 13.7. The molecule has 0 aliphatic heterocycles. The van der Waals surface area contributed by atoms with Crippen molar-refractivity contribution in [2.75, 3.05) is 0 Å². The maximum Gasteiger partial charge on any atom is 0.261 e. The van der Waals surface area contributed by atoms with Gasteiger partial charge in [0.1, 0.15) is 24.0 Å². The topological polar surface area (TPSA) is 43.4 Å². The Hall–Kier alpha value is -1.18. The van der Waals surface area contributed by atoms with Gasteiger partial charge in [0.05, 0.1) is 14.9 Å². The summed E-state index contributed by atoms with van der Waals surface area (Å²) in [4.78, 5) is -0.0867. The number of hydrogen-bond acceptors (Lipinski definition) is 3. The summed E-state index contributed by atoms with van der Waals surface area (Å²) in [5.41, 5.74) is -0.224. The van der Waals surface area contributed by atoms with Gasteiger partial charge in [-0.2, -0.15) is 0 Å². The molecule has 21 heavy (non-hydrogen) atoms. The summed E-state index contributed by atoms with van der Waals surface area (Å²) in [7, 11) is 1.35. The molecular weight excluding hydrogens is 390 g/mol. The molecule has 0 amide bonds. The van der Waals surface area contributed by atoms with Crippen LogP contribution >= 0.6 is 26.6 Å². The zero-order chi connectivity index (χ0) is 15.6. The third kappa shape index (κ3) is 3.93. The summed E-state index contributed by atoms with van der Waals surface area (Å²) < 4.78 is 54.7. The lowest BCUT2D eigenvalue weighted by atomic mass is 10.2. The number of ether oxygens (including phenoxy) is 1. The van der Waals surface area contributed by atoms with Crippen LogP contribution in [0.4, 0.5) is 8.78 Å². The Morgan fingerprint density at radius 2 is 1.71 bits per heavy atom. The smallest absolute Gasteiger partial charge is 0.261 e. The standard InChI is InChI=1S/C13H8BrClF2O3S/c14-11-5-6-12(16)10(13(11)17)7-20-8-1-3-9(4-2-8)21(15,18)19/h1-6H,7H2. The van der Waals surface area contributed by atoms with Gasteiger partial charge >= 0.3 is 0 Å². The first-order valence-corrected chi connectivity index (χ1v) is 8.69. The van der Waals surface area contributed by atoms with E-state index in [0.717, 1.165) is 6.07 Å². The second kappa shape index (κ2) is 6.29. The fourth-order valence-electron chi connectivity index (χ4n) is 1.56. The highest BCUT2D eigenvalue weighted by molar-refractivity contribution is 9.10. The second-order valence-corrected chi connectivity index (χ2v) is 7.44. The van der Waals surface area contributed by atoms with Crippen molar-refractivity contribution in [1.82, 2.24) is 0 Å². The van der Waals surface area contributed by atoms with Crippen LogP contribution in [0, 0.1) is 11.6 Å². The van der Waals surface area contributed by atoms with Crippen LogP contribution in [-0.2, 0) is 15.7 Å². The Kier molecular flexibility index (Phi) is 4.85. The third-order valence-electron chi connectivity index (χ3n) is 2.63. The molecule has 0 bridgehead atoms. The monoisotopic (exact) mass is 396 g/mol. The molecule has 112 valence electrons. The molecule has 0 N–H and O–H groups in total. The van der Waals surface area contributed by atoms with Crippen LogP contribution in [0.3, 0.4) is 0 Å². The molecule has 0 heterocycles. The Labute approximate surface area is 133 Å². The van der Waals surface area contributed by atoms with Gasteiger partial charge in [0.2, 0.25) is 0 Å². The van der Waals surface area contributed by atoms with E-state index in [0.29, 0.717) is 0 Å². The summed E-state index contributed by atoms with van der Waals surface area (Å²) in [5.74, 6) is -1.21. The highest BCUT2D eigenvalue weighted by Crippen LogP contribution is 2.24. The molecule has 0 unspecified atom stereocenters. The van der Waals surface area contributed by atoms with Gasteiger partial charge in [-0.25, -0.2) is 17.2 Å². The molecule has 3 nitrogen and oxygen atoms in total. The van der Waals surface area contributed by atoms with Crippen LogP contribution in [0.2, 0.25) is 0 Å². The molecule has 8 heteroatoms. The van der Waals surface area contributed by atoms with Gasteiger partial charge in [-0.05, 0) is 52.3 Å². The highest BCUT2D eigenvalue weighted by Gasteiger charge is 2.13. The van der Waals surface area contributed by atoms with Crippen molar-refractivity contribution in [2.45, 2.75) is 11.5 Å². The molecule has 2 aromatic rings. The normalized spacial score (nSPS) is 11.4. The zero-order valence-corrected chi connectivity index (χ0v) is 13.5. The van der Waals surface area contributed by atoms with Crippen LogP contribution in [-0.4, -0.2) is 8.42 Å². The summed E-state index contributed by atoms with van der Waals surface area (Å²) in [6.07, 6.45) is 0. The summed E-state index contributed by atoms with van der Waals surface area (Å²) in [5, 5.41) is 0. The molecule has 0 saturated carbocycles. The number of benzene rings is 2. The second-order valence-electron chi connectivity index (χ2n) is 4.02. The molecule has 0 aromatic heterocycles.